The molecule has 0 radical (unpaired) electrons. The summed E-state index contributed by atoms with van der Waals surface area (Å²) in [6.45, 7) is 0. The summed E-state index contributed by atoms with van der Waals surface area (Å²) < 4.78 is 0. The molecule has 1 unspecified atom stereocenters. The number of nitrogens with two attached hydrogens (primary N) is 1. The fraction of sp³-hybridized carbons (Fsp3) is 0.667. The van der Waals surface area contributed by atoms with E-state index in [0.717, 1.165) is 18.0 Å². The van der Waals surface area contributed by atoms with Crippen LogP contribution in [0.5, 0.6) is 0 Å². The molecule has 0 spiro atoms. The van der Waals surface area contributed by atoms with Crippen LogP contribution in [0.4, 0.5) is 0 Å². The predicted octanol–water partition coefficient (Wildman–Crippen LogP) is 2.33. The summed E-state index contributed by atoms with van der Waals surface area (Å²) in [7, 11) is 0. The number of nitrogens with zero attached hydrogens (tertiary/aromatic N) is 1. The highest BCUT2D eigenvalue weighted by Crippen LogP contribution is 2.35. The third-order valence-electron chi connectivity index (χ3n) is 2.41. The molecule has 0 aliphatic heterocycles. The number of aromatic nitrogens is 1. The summed E-state index contributed by atoms with van der Waals surface area (Å²) in [6, 6.07) is 0.178. The Morgan fingerprint density at radius 2 is 2.50 bits per heavy atom. The average Bonchev–Trinajstić information content (AvgIpc) is 2.74. The van der Waals surface area contributed by atoms with Gasteiger partial charge in [0.2, 0.25) is 0 Å². The summed E-state index contributed by atoms with van der Waals surface area (Å²) in [4.78, 5) is 4.21. The molecular formula is C9H14N2S. The highest BCUT2D eigenvalue weighted by Gasteiger charge is 2.22. The van der Waals surface area contributed by atoms with E-state index in [1.165, 1.54) is 19.3 Å². The normalized spacial score (nSPS) is 19.4. The van der Waals surface area contributed by atoms with Crippen molar-refractivity contribution in [1.29, 1.82) is 0 Å². The third-order valence-corrected chi connectivity index (χ3v) is 3.02. The molecule has 1 aromatic heterocycles. The van der Waals surface area contributed by atoms with E-state index in [4.69, 9.17) is 5.73 Å². The fourth-order valence-corrected chi connectivity index (χ4v) is 1.99. The Labute approximate surface area is 76.8 Å². The van der Waals surface area contributed by atoms with E-state index < -0.39 is 0 Å². The Hall–Kier alpha value is -0.410. The first-order valence-electron chi connectivity index (χ1n) is 4.50. The summed E-state index contributed by atoms with van der Waals surface area (Å²) in [5.41, 5.74) is 8.88. The molecule has 1 heterocycles. The van der Waals surface area contributed by atoms with Crippen LogP contribution in [0.1, 0.15) is 37.4 Å². The van der Waals surface area contributed by atoms with Crippen molar-refractivity contribution in [1.82, 2.24) is 4.98 Å². The molecule has 2 N–H and O–H groups in total. The second kappa shape index (κ2) is 3.54. The Kier molecular flexibility index (Phi) is 2.42. The van der Waals surface area contributed by atoms with E-state index in [1.807, 2.05) is 5.51 Å². The monoisotopic (exact) mass is 182 g/mol. The Balaban J connectivity index is 1.79. The van der Waals surface area contributed by atoms with Crippen LogP contribution in [-0.2, 0) is 0 Å². The molecule has 1 fully saturated rings. The van der Waals surface area contributed by atoms with Crippen LogP contribution in [0.15, 0.2) is 10.9 Å². The molecule has 1 aromatic rings. The lowest BCUT2D eigenvalue weighted by Gasteiger charge is -2.06. The van der Waals surface area contributed by atoms with Gasteiger partial charge in [-0.3, -0.25) is 0 Å². The first-order valence-corrected chi connectivity index (χ1v) is 5.44. The average molecular weight is 182 g/mol. The second-order valence-electron chi connectivity index (χ2n) is 3.54. The van der Waals surface area contributed by atoms with E-state index in [-0.39, 0.29) is 6.04 Å². The van der Waals surface area contributed by atoms with Crippen LogP contribution in [-0.4, -0.2) is 4.98 Å². The van der Waals surface area contributed by atoms with Crippen LogP contribution in [0.3, 0.4) is 0 Å². The molecule has 2 rings (SSSR count). The number of hydrogen-bond donors (Lipinski definition) is 1. The van der Waals surface area contributed by atoms with Crippen LogP contribution in [0, 0.1) is 5.92 Å². The van der Waals surface area contributed by atoms with E-state index in [0.29, 0.717) is 0 Å². The van der Waals surface area contributed by atoms with Gasteiger partial charge in [-0.25, -0.2) is 4.98 Å². The van der Waals surface area contributed by atoms with Gasteiger partial charge < -0.3 is 5.73 Å². The highest BCUT2D eigenvalue weighted by atomic mass is 32.1. The molecule has 66 valence electrons. The molecule has 1 atom stereocenters. The Morgan fingerprint density at radius 3 is 3.08 bits per heavy atom. The van der Waals surface area contributed by atoms with E-state index in [2.05, 4.69) is 10.4 Å². The van der Waals surface area contributed by atoms with Crippen molar-refractivity contribution >= 4 is 11.3 Å². The van der Waals surface area contributed by atoms with Crippen molar-refractivity contribution in [3.8, 4) is 0 Å². The van der Waals surface area contributed by atoms with Gasteiger partial charge in [0.15, 0.2) is 0 Å². The number of rotatable bonds is 4. The SMILES string of the molecule is NC(CCC1CC1)c1cscn1. The van der Waals surface area contributed by atoms with Gasteiger partial charge in [-0.1, -0.05) is 12.8 Å². The zero-order valence-corrected chi connectivity index (χ0v) is 7.89. The van der Waals surface area contributed by atoms with E-state index in [9.17, 15) is 0 Å². The van der Waals surface area contributed by atoms with Crippen LogP contribution >= 0.6 is 11.3 Å². The van der Waals surface area contributed by atoms with Crippen LogP contribution in [0.25, 0.3) is 0 Å². The lowest BCUT2D eigenvalue weighted by Crippen LogP contribution is -2.10. The van der Waals surface area contributed by atoms with Gasteiger partial charge in [0.25, 0.3) is 0 Å². The minimum atomic E-state index is 0.178. The minimum Gasteiger partial charge on any atom is -0.323 e. The first kappa shape index (κ1) is 8.20. The second-order valence-corrected chi connectivity index (χ2v) is 4.26. The van der Waals surface area contributed by atoms with Gasteiger partial charge in [-0.15, -0.1) is 11.3 Å². The summed E-state index contributed by atoms with van der Waals surface area (Å²) in [5.74, 6) is 0.981. The lowest BCUT2D eigenvalue weighted by molar-refractivity contribution is 0.567. The maximum absolute atomic E-state index is 5.96. The minimum absolute atomic E-state index is 0.178. The molecule has 12 heavy (non-hydrogen) atoms. The van der Waals surface area contributed by atoms with Gasteiger partial charge in [-0.2, -0.15) is 0 Å². The first-order chi connectivity index (χ1) is 5.86. The molecule has 1 aliphatic rings. The standard InChI is InChI=1S/C9H14N2S/c10-8(4-3-7-1-2-7)9-5-12-6-11-9/h5-8H,1-4,10H2. The van der Waals surface area contributed by atoms with Gasteiger partial charge >= 0.3 is 0 Å². The van der Waals surface area contributed by atoms with Crippen molar-refractivity contribution in [2.75, 3.05) is 0 Å². The molecule has 2 nitrogen and oxygen atoms in total. The quantitative estimate of drug-likeness (QED) is 0.776. The van der Waals surface area contributed by atoms with Crippen molar-refractivity contribution in [2.45, 2.75) is 31.7 Å². The lowest BCUT2D eigenvalue weighted by atomic mass is 10.1. The molecule has 0 aromatic carbocycles. The predicted molar refractivity (Wildman–Crippen MR) is 51.0 cm³/mol. The summed E-state index contributed by atoms with van der Waals surface area (Å²) in [6.07, 6.45) is 5.24. The van der Waals surface area contributed by atoms with Gasteiger partial charge in [0.1, 0.15) is 0 Å². The van der Waals surface area contributed by atoms with E-state index in [1.54, 1.807) is 11.3 Å². The van der Waals surface area contributed by atoms with Crippen molar-refractivity contribution < 1.29 is 0 Å². The van der Waals surface area contributed by atoms with Gasteiger partial charge in [0, 0.05) is 11.4 Å². The van der Waals surface area contributed by atoms with Crippen LogP contribution in [0.2, 0.25) is 0 Å². The van der Waals surface area contributed by atoms with Crippen molar-refractivity contribution in [3.05, 3.63) is 16.6 Å². The maximum atomic E-state index is 5.96. The molecule has 0 bridgehead atoms. The topological polar surface area (TPSA) is 38.9 Å². The Morgan fingerprint density at radius 1 is 1.67 bits per heavy atom. The summed E-state index contributed by atoms with van der Waals surface area (Å²) >= 11 is 1.63. The Bertz CT molecular complexity index is 229. The van der Waals surface area contributed by atoms with Crippen molar-refractivity contribution in [2.24, 2.45) is 11.7 Å². The molecular weight excluding hydrogens is 168 g/mol. The van der Waals surface area contributed by atoms with Gasteiger partial charge in [-0.05, 0) is 18.8 Å². The largest absolute Gasteiger partial charge is 0.323 e. The van der Waals surface area contributed by atoms with Crippen LogP contribution < -0.4 is 5.73 Å². The van der Waals surface area contributed by atoms with E-state index >= 15 is 0 Å². The number of thiazole rings is 1. The van der Waals surface area contributed by atoms with Crippen molar-refractivity contribution in [3.63, 3.8) is 0 Å². The molecule has 0 amide bonds. The smallest absolute Gasteiger partial charge is 0.0795 e. The molecule has 0 saturated heterocycles. The fourth-order valence-electron chi connectivity index (χ4n) is 1.37. The molecule has 3 heteroatoms. The maximum Gasteiger partial charge on any atom is 0.0795 e. The zero-order chi connectivity index (χ0) is 8.39. The molecule has 1 saturated carbocycles. The number of hydrogen-bond acceptors (Lipinski definition) is 3. The van der Waals surface area contributed by atoms with Gasteiger partial charge in [0.05, 0.1) is 11.2 Å². The molecule has 1 aliphatic carbocycles. The highest BCUT2D eigenvalue weighted by molar-refractivity contribution is 7.07. The third kappa shape index (κ3) is 2.05. The zero-order valence-electron chi connectivity index (χ0n) is 7.07. The summed E-state index contributed by atoms with van der Waals surface area (Å²) in [5, 5.41) is 2.05.